The molecule has 0 spiro atoms. The molecule has 2 aliphatic rings. The minimum Gasteiger partial charge on any atom is -0.0622 e. The molecule has 14 heavy (non-hydrogen) atoms. The van der Waals surface area contributed by atoms with Gasteiger partial charge in [-0.15, -0.1) is 0 Å². The fraction of sp³-hybridized carbons (Fsp3) is 1.00. The highest BCUT2D eigenvalue weighted by molar-refractivity contribution is 4.93. The van der Waals surface area contributed by atoms with Crippen molar-refractivity contribution in [2.45, 2.75) is 71.6 Å². The molecule has 0 atom stereocenters. The topological polar surface area (TPSA) is 0 Å². The van der Waals surface area contributed by atoms with E-state index in [4.69, 9.17) is 0 Å². The van der Waals surface area contributed by atoms with Gasteiger partial charge in [-0.2, -0.15) is 0 Å². The molecule has 2 rings (SSSR count). The molecule has 0 bridgehead atoms. The van der Waals surface area contributed by atoms with Gasteiger partial charge in [-0.3, -0.25) is 0 Å². The SMILES string of the molecule is CC(C)C1(C2CCCCC2)CCCC1. The van der Waals surface area contributed by atoms with Gasteiger partial charge < -0.3 is 0 Å². The van der Waals surface area contributed by atoms with Crippen LogP contribution in [0.4, 0.5) is 0 Å². The molecule has 0 aromatic carbocycles. The molecule has 0 heterocycles. The molecule has 82 valence electrons. The molecule has 0 aliphatic heterocycles. The maximum atomic E-state index is 2.47. The lowest BCUT2D eigenvalue weighted by Crippen LogP contribution is -2.34. The normalized spacial score (nSPS) is 28.5. The van der Waals surface area contributed by atoms with Gasteiger partial charge in [-0.1, -0.05) is 46.0 Å². The van der Waals surface area contributed by atoms with Gasteiger partial charge in [0.15, 0.2) is 0 Å². The molecule has 0 unspecified atom stereocenters. The molecule has 0 nitrogen and oxygen atoms in total. The van der Waals surface area contributed by atoms with Crippen LogP contribution in [0.5, 0.6) is 0 Å². The van der Waals surface area contributed by atoms with Gasteiger partial charge in [0.1, 0.15) is 0 Å². The van der Waals surface area contributed by atoms with Crippen molar-refractivity contribution >= 4 is 0 Å². The number of hydrogen-bond acceptors (Lipinski definition) is 0. The Kier molecular flexibility index (Phi) is 3.19. The second kappa shape index (κ2) is 4.24. The summed E-state index contributed by atoms with van der Waals surface area (Å²) in [6.07, 6.45) is 13.7. The summed E-state index contributed by atoms with van der Waals surface area (Å²) < 4.78 is 0. The molecule has 0 aromatic heterocycles. The Morgan fingerprint density at radius 2 is 1.43 bits per heavy atom. The molecule has 0 saturated heterocycles. The van der Waals surface area contributed by atoms with Gasteiger partial charge in [0.2, 0.25) is 0 Å². The van der Waals surface area contributed by atoms with E-state index in [1.165, 1.54) is 57.8 Å². The van der Waals surface area contributed by atoms with Crippen molar-refractivity contribution in [2.24, 2.45) is 17.3 Å². The van der Waals surface area contributed by atoms with E-state index in [0.29, 0.717) is 0 Å². The maximum absolute atomic E-state index is 2.47. The zero-order valence-corrected chi connectivity index (χ0v) is 10.0. The lowest BCUT2D eigenvalue weighted by atomic mass is 9.62. The molecule has 0 heteroatoms. The van der Waals surface area contributed by atoms with Crippen LogP contribution < -0.4 is 0 Å². The third-order valence-electron chi connectivity index (χ3n) is 5.10. The Morgan fingerprint density at radius 1 is 0.857 bits per heavy atom. The van der Waals surface area contributed by atoms with Crippen LogP contribution in [-0.4, -0.2) is 0 Å². The molecule has 2 saturated carbocycles. The first-order valence-electron chi connectivity index (χ1n) is 6.76. The molecule has 0 amide bonds. The van der Waals surface area contributed by atoms with Crippen molar-refractivity contribution in [3.05, 3.63) is 0 Å². The molecule has 0 N–H and O–H groups in total. The molecular formula is C14H26. The van der Waals surface area contributed by atoms with Crippen LogP contribution in [0.3, 0.4) is 0 Å². The first kappa shape index (κ1) is 10.5. The molecule has 0 radical (unpaired) electrons. The van der Waals surface area contributed by atoms with E-state index in [1.807, 2.05) is 0 Å². The summed E-state index contributed by atoms with van der Waals surface area (Å²) in [5.41, 5.74) is 0.764. The van der Waals surface area contributed by atoms with E-state index in [9.17, 15) is 0 Å². The third kappa shape index (κ3) is 1.73. The second-order valence-electron chi connectivity index (χ2n) is 5.93. The average Bonchev–Trinajstić information content (AvgIpc) is 2.69. The van der Waals surface area contributed by atoms with Crippen LogP contribution >= 0.6 is 0 Å². The Morgan fingerprint density at radius 3 is 1.93 bits per heavy atom. The van der Waals surface area contributed by atoms with Crippen LogP contribution in [0.25, 0.3) is 0 Å². The van der Waals surface area contributed by atoms with Crippen LogP contribution in [0, 0.1) is 17.3 Å². The van der Waals surface area contributed by atoms with Crippen LogP contribution in [0.2, 0.25) is 0 Å². The summed E-state index contributed by atoms with van der Waals surface area (Å²) in [7, 11) is 0. The molecule has 0 aromatic rings. The minimum absolute atomic E-state index is 0.764. The van der Waals surface area contributed by atoms with E-state index in [2.05, 4.69) is 13.8 Å². The average molecular weight is 194 g/mol. The summed E-state index contributed by atoms with van der Waals surface area (Å²) in [5.74, 6) is 2.01. The van der Waals surface area contributed by atoms with Crippen LogP contribution in [0.15, 0.2) is 0 Å². The maximum Gasteiger partial charge on any atom is -0.0246 e. The van der Waals surface area contributed by atoms with Crippen molar-refractivity contribution in [1.82, 2.24) is 0 Å². The minimum atomic E-state index is 0.764. The van der Waals surface area contributed by atoms with Crippen molar-refractivity contribution < 1.29 is 0 Å². The highest BCUT2D eigenvalue weighted by atomic mass is 14.5. The fourth-order valence-corrected chi connectivity index (χ4v) is 4.17. The standard InChI is InChI=1S/C14H26/c1-12(2)14(10-6-7-11-14)13-8-4-3-5-9-13/h12-13H,3-11H2,1-2H3. The first-order valence-corrected chi connectivity index (χ1v) is 6.76. The predicted molar refractivity (Wildman–Crippen MR) is 62.3 cm³/mol. The second-order valence-corrected chi connectivity index (χ2v) is 5.93. The van der Waals surface area contributed by atoms with E-state index in [1.54, 1.807) is 0 Å². The molecular weight excluding hydrogens is 168 g/mol. The van der Waals surface area contributed by atoms with Crippen LogP contribution in [-0.2, 0) is 0 Å². The number of rotatable bonds is 2. The van der Waals surface area contributed by atoms with Gasteiger partial charge in [-0.25, -0.2) is 0 Å². The summed E-state index contributed by atoms with van der Waals surface area (Å²) in [5, 5.41) is 0. The fourth-order valence-electron chi connectivity index (χ4n) is 4.17. The summed E-state index contributed by atoms with van der Waals surface area (Å²) in [4.78, 5) is 0. The molecule has 2 aliphatic carbocycles. The van der Waals surface area contributed by atoms with E-state index < -0.39 is 0 Å². The Balaban J connectivity index is 2.08. The quantitative estimate of drug-likeness (QED) is 0.593. The van der Waals surface area contributed by atoms with E-state index in [-0.39, 0.29) is 0 Å². The Hall–Kier alpha value is 0. The Bertz CT molecular complexity index is 168. The monoisotopic (exact) mass is 194 g/mol. The zero-order chi connectivity index (χ0) is 10.0. The third-order valence-corrected chi connectivity index (χ3v) is 5.10. The van der Waals surface area contributed by atoms with Gasteiger partial charge in [-0.05, 0) is 42.9 Å². The van der Waals surface area contributed by atoms with E-state index >= 15 is 0 Å². The van der Waals surface area contributed by atoms with Crippen molar-refractivity contribution in [3.63, 3.8) is 0 Å². The van der Waals surface area contributed by atoms with Gasteiger partial charge in [0.25, 0.3) is 0 Å². The largest absolute Gasteiger partial charge is 0.0622 e. The summed E-state index contributed by atoms with van der Waals surface area (Å²) >= 11 is 0. The van der Waals surface area contributed by atoms with Crippen LogP contribution in [0.1, 0.15) is 71.6 Å². The Labute approximate surface area is 89.5 Å². The molecule has 2 fully saturated rings. The lowest BCUT2D eigenvalue weighted by Gasteiger charge is -2.43. The smallest absolute Gasteiger partial charge is 0.0246 e. The van der Waals surface area contributed by atoms with Crippen molar-refractivity contribution in [2.75, 3.05) is 0 Å². The predicted octanol–water partition coefficient (Wildman–Crippen LogP) is 4.78. The summed E-state index contributed by atoms with van der Waals surface area (Å²) in [6.45, 7) is 4.94. The van der Waals surface area contributed by atoms with Gasteiger partial charge >= 0.3 is 0 Å². The lowest BCUT2D eigenvalue weighted by molar-refractivity contribution is 0.0671. The van der Waals surface area contributed by atoms with Gasteiger partial charge in [0.05, 0.1) is 0 Å². The highest BCUT2D eigenvalue weighted by Crippen LogP contribution is 2.53. The first-order chi connectivity index (χ1) is 6.76. The van der Waals surface area contributed by atoms with Crippen molar-refractivity contribution in [1.29, 1.82) is 0 Å². The number of hydrogen-bond donors (Lipinski definition) is 0. The highest BCUT2D eigenvalue weighted by Gasteiger charge is 2.43. The summed E-state index contributed by atoms with van der Waals surface area (Å²) in [6, 6.07) is 0. The van der Waals surface area contributed by atoms with E-state index in [0.717, 1.165) is 17.3 Å². The van der Waals surface area contributed by atoms with Crippen molar-refractivity contribution in [3.8, 4) is 0 Å². The van der Waals surface area contributed by atoms with Gasteiger partial charge in [0, 0.05) is 0 Å². The zero-order valence-electron chi connectivity index (χ0n) is 10.0.